The normalized spacial score (nSPS) is 10.2. The van der Waals surface area contributed by atoms with Crippen LogP contribution in [-0.2, 0) is 0 Å². The molecule has 0 atom stereocenters. The van der Waals surface area contributed by atoms with Gasteiger partial charge in [0.05, 0.1) is 5.57 Å². The van der Waals surface area contributed by atoms with Crippen LogP contribution in [0.15, 0.2) is 36.4 Å². The van der Waals surface area contributed by atoms with E-state index < -0.39 is 11.6 Å². The lowest BCUT2D eigenvalue weighted by atomic mass is 10.3. The number of halogens is 1. The minimum atomic E-state index is -0.866. The van der Waals surface area contributed by atoms with E-state index in [4.69, 9.17) is 10.4 Å². The lowest BCUT2D eigenvalue weighted by molar-refractivity contribution is 0.431. The SMILES string of the molecule is C=C(O)/C=C(/F)C(=C)C#N. The third-order valence-electron chi connectivity index (χ3n) is 0.717. The summed E-state index contributed by atoms with van der Waals surface area (Å²) in [6.07, 6.45) is 0.728. The molecule has 0 aromatic rings. The van der Waals surface area contributed by atoms with Gasteiger partial charge in [0.1, 0.15) is 17.7 Å². The average molecular weight is 139 g/mol. The highest BCUT2D eigenvalue weighted by molar-refractivity contribution is 5.37. The molecule has 0 radical (unpaired) electrons. The Hall–Kier alpha value is -1.56. The quantitative estimate of drug-likeness (QED) is 0.361. The molecule has 0 heterocycles. The molecule has 0 unspecified atom stereocenters. The molecule has 10 heavy (non-hydrogen) atoms. The molecule has 0 spiro atoms. The molecular weight excluding hydrogens is 133 g/mol. The number of nitriles is 1. The molecule has 0 aliphatic heterocycles. The van der Waals surface area contributed by atoms with Crippen molar-refractivity contribution in [3.8, 4) is 6.07 Å². The Balaban J connectivity index is 4.38. The zero-order chi connectivity index (χ0) is 8.15. The largest absolute Gasteiger partial charge is 0.508 e. The van der Waals surface area contributed by atoms with Crippen LogP contribution in [0.2, 0.25) is 0 Å². The van der Waals surface area contributed by atoms with Crippen molar-refractivity contribution in [2.24, 2.45) is 0 Å². The third kappa shape index (κ3) is 2.68. The predicted molar refractivity (Wildman–Crippen MR) is 35.7 cm³/mol. The summed E-state index contributed by atoms with van der Waals surface area (Å²) in [5.41, 5.74) is -0.324. The van der Waals surface area contributed by atoms with Gasteiger partial charge in [-0.05, 0) is 0 Å². The Kier molecular flexibility index (Phi) is 2.92. The lowest BCUT2D eigenvalue weighted by Gasteiger charge is -1.89. The van der Waals surface area contributed by atoms with Crippen LogP contribution in [0.5, 0.6) is 0 Å². The maximum Gasteiger partial charge on any atom is 0.143 e. The summed E-state index contributed by atoms with van der Waals surface area (Å²) in [5.74, 6) is -1.30. The van der Waals surface area contributed by atoms with Gasteiger partial charge in [-0.2, -0.15) is 5.26 Å². The maximum atomic E-state index is 12.4. The van der Waals surface area contributed by atoms with Crippen molar-refractivity contribution in [2.45, 2.75) is 0 Å². The Bertz CT molecular complexity index is 234. The number of allylic oxidation sites excluding steroid dienone is 3. The zero-order valence-electron chi connectivity index (χ0n) is 5.26. The highest BCUT2D eigenvalue weighted by Crippen LogP contribution is 2.08. The molecule has 0 bridgehead atoms. The van der Waals surface area contributed by atoms with E-state index in [-0.39, 0.29) is 5.57 Å². The molecule has 0 amide bonds. The van der Waals surface area contributed by atoms with Crippen molar-refractivity contribution in [3.05, 3.63) is 36.4 Å². The minimum absolute atomic E-state index is 0.324. The molecule has 0 aromatic heterocycles. The Morgan fingerprint density at radius 2 is 2.10 bits per heavy atom. The summed E-state index contributed by atoms with van der Waals surface area (Å²) in [4.78, 5) is 0. The van der Waals surface area contributed by atoms with Gasteiger partial charge in [0.2, 0.25) is 0 Å². The fraction of sp³-hybridized carbons (Fsp3) is 0. The van der Waals surface area contributed by atoms with Crippen molar-refractivity contribution >= 4 is 0 Å². The monoisotopic (exact) mass is 139 g/mol. The highest BCUT2D eigenvalue weighted by Gasteiger charge is 1.98. The molecule has 0 saturated heterocycles. The molecule has 0 aliphatic carbocycles. The first-order chi connectivity index (χ1) is 4.57. The number of aliphatic hydroxyl groups excluding tert-OH is 1. The van der Waals surface area contributed by atoms with Crippen molar-refractivity contribution < 1.29 is 9.50 Å². The smallest absolute Gasteiger partial charge is 0.143 e. The summed E-state index contributed by atoms with van der Waals surface area (Å²) in [6.45, 7) is 6.07. The summed E-state index contributed by atoms with van der Waals surface area (Å²) in [5, 5.41) is 16.5. The van der Waals surface area contributed by atoms with E-state index in [1.54, 1.807) is 0 Å². The summed E-state index contributed by atoms with van der Waals surface area (Å²) >= 11 is 0. The third-order valence-corrected chi connectivity index (χ3v) is 0.717. The molecule has 0 fully saturated rings. The fourth-order valence-corrected chi connectivity index (χ4v) is 0.287. The molecule has 0 rings (SSSR count). The van der Waals surface area contributed by atoms with Crippen molar-refractivity contribution in [3.63, 3.8) is 0 Å². The molecule has 0 aromatic carbocycles. The van der Waals surface area contributed by atoms with Gasteiger partial charge in [0.25, 0.3) is 0 Å². The van der Waals surface area contributed by atoms with E-state index in [2.05, 4.69) is 13.2 Å². The second kappa shape index (κ2) is 3.46. The topological polar surface area (TPSA) is 44.0 Å². The first-order valence-electron chi connectivity index (χ1n) is 2.42. The number of nitrogens with zero attached hydrogens (tertiary/aromatic N) is 1. The Morgan fingerprint density at radius 3 is 2.40 bits per heavy atom. The molecule has 0 aliphatic rings. The molecule has 1 N–H and O–H groups in total. The van der Waals surface area contributed by atoms with Crippen LogP contribution in [0.4, 0.5) is 4.39 Å². The van der Waals surface area contributed by atoms with Gasteiger partial charge in [-0.25, -0.2) is 4.39 Å². The molecule has 2 nitrogen and oxygen atoms in total. The van der Waals surface area contributed by atoms with E-state index in [9.17, 15) is 4.39 Å². The first-order valence-corrected chi connectivity index (χ1v) is 2.42. The van der Waals surface area contributed by atoms with Crippen LogP contribution in [-0.4, -0.2) is 5.11 Å². The number of aliphatic hydroxyl groups is 1. The Morgan fingerprint density at radius 1 is 1.60 bits per heavy atom. The van der Waals surface area contributed by atoms with Crippen LogP contribution in [0, 0.1) is 11.3 Å². The predicted octanol–water partition coefficient (Wildman–Crippen LogP) is 1.99. The molecular formula is C7H6FNO. The van der Waals surface area contributed by atoms with Crippen LogP contribution in [0.1, 0.15) is 0 Å². The van der Waals surface area contributed by atoms with Crippen LogP contribution >= 0.6 is 0 Å². The van der Waals surface area contributed by atoms with Crippen molar-refractivity contribution in [1.29, 1.82) is 5.26 Å². The number of hydrogen-bond acceptors (Lipinski definition) is 2. The minimum Gasteiger partial charge on any atom is -0.508 e. The van der Waals surface area contributed by atoms with Crippen LogP contribution in [0.25, 0.3) is 0 Å². The average Bonchev–Trinajstić information content (AvgIpc) is 1.85. The van der Waals surface area contributed by atoms with E-state index >= 15 is 0 Å². The summed E-state index contributed by atoms with van der Waals surface area (Å²) in [6, 6.07) is 1.48. The Labute approximate surface area is 58.2 Å². The molecule has 0 saturated carbocycles. The van der Waals surface area contributed by atoms with Gasteiger partial charge in [-0.15, -0.1) is 0 Å². The van der Waals surface area contributed by atoms with Gasteiger partial charge in [-0.1, -0.05) is 13.2 Å². The molecule has 52 valence electrons. The second-order valence-corrected chi connectivity index (χ2v) is 1.57. The van der Waals surface area contributed by atoms with Crippen molar-refractivity contribution in [1.82, 2.24) is 0 Å². The standard InChI is InChI=1S/C7H6FNO/c1-5(4-9)7(8)3-6(2)10/h3,10H,1-2H2/b7-3+. The van der Waals surface area contributed by atoms with Crippen molar-refractivity contribution in [2.75, 3.05) is 0 Å². The van der Waals surface area contributed by atoms with E-state index in [1.807, 2.05) is 0 Å². The zero-order valence-corrected chi connectivity index (χ0v) is 5.26. The van der Waals surface area contributed by atoms with Gasteiger partial charge in [-0.3, -0.25) is 0 Å². The van der Waals surface area contributed by atoms with Crippen LogP contribution in [0.3, 0.4) is 0 Å². The molecule has 3 heteroatoms. The highest BCUT2D eigenvalue weighted by atomic mass is 19.1. The fourth-order valence-electron chi connectivity index (χ4n) is 0.287. The lowest BCUT2D eigenvalue weighted by Crippen LogP contribution is -1.78. The van der Waals surface area contributed by atoms with E-state index in [0.717, 1.165) is 6.08 Å². The van der Waals surface area contributed by atoms with Gasteiger partial charge < -0.3 is 5.11 Å². The van der Waals surface area contributed by atoms with Crippen LogP contribution < -0.4 is 0 Å². The maximum absolute atomic E-state index is 12.4. The number of hydrogen-bond donors (Lipinski definition) is 1. The van der Waals surface area contributed by atoms with E-state index in [1.165, 1.54) is 6.07 Å². The summed E-state index contributed by atoms with van der Waals surface area (Å²) < 4.78 is 12.4. The second-order valence-electron chi connectivity index (χ2n) is 1.57. The summed E-state index contributed by atoms with van der Waals surface area (Å²) in [7, 11) is 0. The van der Waals surface area contributed by atoms with E-state index in [0.29, 0.717) is 0 Å². The van der Waals surface area contributed by atoms with Gasteiger partial charge >= 0.3 is 0 Å². The van der Waals surface area contributed by atoms with Gasteiger partial charge in [0, 0.05) is 6.08 Å². The van der Waals surface area contributed by atoms with Gasteiger partial charge in [0.15, 0.2) is 0 Å². The number of rotatable bonds is 2. The first kappa shape index (κ1) is 8.44.